The minimum absolute atomic E-state index is 0.0267. The fourth-order valence-electron chi connectivity index (χ4n) is 3.69. The first-order chi connectivity index (χ1) is 14.7. The van der Waals surface area contributed by atoms with E-state index >= 15 is 0 Å². The Labute approximate surface area is 186 Å². The van der Waals surface area contributed by atoms with Gasteiger partial charge in [-0.15, -0.1) is 0 Å². The Morgan fingerprint density at radius 3 is 2.19 bits per heavy atom. The van der Waals surface area contributed by atoms with Crippen LogP contribution < -0.4 is 14.8 Å². The summed E-state index contributed by atoms with van der Waals surface area (Å²) in [6.45, 7) is 3.40. The monoisotopic (exact) mass is 482 g/mol. The number of piperidine rings is 1. The van der Waals surface area contributed by atoms with Crippen LogP contribution in [0.2, 0.25) is 5.02 Å². The van der Waals surface area contributed by atoms with Gasteiger partial charge in [0, 0.05) is 17.6 Å². The minimum Gasteiger partial charge on any atom is -0.358 e. The van der Waals surface area contributed by atoms with Crippen LogP contribution in [0.25, 0.3) is 10.9 Å². The Balaban J connectivity index is 1.56. The van der Waals surface area contributed by atoms with Crippen LogP contribution in [0.4, 0.5) is 5.69 Å². The third kappa shape index (κ3) is 4.58. The third-order valence-electron chi connectivity index (χ3n) is 5.35. The first kappa shape index (κ1) is 22.1. The number of aromatic nitrogens is 1. The van der Waals surface area contributed by atoms with Gasteiger partial charge in [0.1, 0.15) is 0 Å². The van der Waals surface area contributed by atoms with Crippen LogP contribution in [0, 0.1) is 6.92 Å². The summed E-state index contributed by atoms with van der Waals surface area (Å²) in [7, 11) is -7.66. The number of sulfonamides is 2. The van der Waals surface area contributed by atoms with Crippen molar-refractivity contribution in [1.82, 2.24) is 15.0 Å². The van der Waals surface area contributed by atoms with E-state index < -0.39 is 20.0 Å². The summed E-state index contributed by atoms with van der Waals surface area (Å²) >= 11 is 6.19. The molecule has 4 rings (SSSR count). The van der Waals surface area contributed by atoms with E-state index in [-0.39, 0.29) is 15.8 Å². The molecule has 11 heteroatoms. The van der Waals surface area contributed by atoms with Gasteiger partial charge in [0.2, 0.25) is 10.0 Å². The van der Waals surface area contributed by atoms with Crippen molar-refractivity contribution in [3.05, 3.63) is 53.2 Å². The molecule has 2 heterocycles. The summed E-state index contributed by atoms with van der Waals surface area (Å²) in [5.74, 6) is 0. The van der Waals surface area contributed by atoms with Crippen LogP contribution in [0.1, 0.15) is 18.4 Å². The van der Waals surface area contributed by atoms with Crippen LogP contribution in [-0.2, 0) is 20.0 Å². The van der Waals surface area contributed by atoms with Crippen LogP contribution in [0.15, 0.2) is 52.4 Å². The number of H-pyrrole nitrogens is 1. The molecule has 0 amide bonds. The van der Waals surface area contributed by atoms with E-state index in [1.54, 1.807) is 18.3 Å². The molecule has 0 unspecified atom stereocenters. The second-order valence-electron chi connectivity index (χ2n) is 7.54. The van der Waals surface area contributed by atoms with Crippen molar-refractivity contribution in [2.75, 3.05) is 17.8 Å². The topological polar surface area (TPSA) is 120 Å². The molecule has 166 valence electrons. The molecule has 0 bridgehead atoms. The van der Waals surface area contributed by atoms with Crippen molar-refractivity contribution < 1.29 is 16.8 Å². The summed E-state index contributed by atoms with van der Waals surface area (Å²) in [6.07, 6.45) is 3.03. The second kappa shape index (κ2) is 8.44. The van der Waals surface area contributed by atoms with Gasteiger partial charge in [-0.05, 0) is 68.8 Å². The van der Waals surface area contributed by atoms with Crippen LogP contribution in [0.3, 0.4) is 0 Å². The smallest absolute Gasteiger partial charge is 0.261 e. The lowest BCUT2D eigenvalue weighted by Crippen LogP contribution is -2.42. The normalized spacial score (nSPS) is 15.9. The standard InChI is InChI=1S/C20H23ClN4O4S2/c1-13-2-7-18(20-19(13)17(21)12-23-20)25-31(28,29)16-5-3-15(4-6-16)30(26,27)24-14-8-10-22-11-9-14/h2-7,12,14,22-25H,8-11H2,1H3. The third-order valence-corrected chi connectivity index (χ3v) is 8.56. The van der Waals surface area contributed by atoms with Gasteiger partial charge in [-0.25, -0.2) is 21.6 Å². The van der Waals surface area contributed by atoms with Crippen LogP contribution in [-0.4, -0.2) is 41.0 Å². The molecule has 0 saturated carbocycles. The van der Waals surface area contributed by atoms with E-state index in [1.807, 2.05) is 6.92 Å². The van der Waals surface area contributed by atoms with E-state index in [2.05, 4.69) is 19.7 Å². The van der Waals surface area contributed by atoms with Crippen molar-refractivity contribution in [3.63, 3.8) is 0 Å². The molecule has 1 aliphatic rings. The molecule has 1 fully saturated rings. The number of fused-ring (bicyclic) bond motifs is 1. The van der Waals surface area contributed by atoms with Gasteiger partial charge < -0.3 is 10.3 Å². The van der Waals surface area contributed by atoms with Crippen LogP contribution >= 0.6 is 11.6 Å². The predicted octanol–water partition coefficient (Wildman–Crippen LogP) is 2.96. The van der Waals surface area contributed by atoms with Crippen molar-refractivity contribution >= 4 is 48.2 Å². The molecule has 1 aliphatic heterocycles. The van der Waals surface area contributed by atoms with Gasteiger partial charge >= 0.3 is 0 Å². The zero-order chi connectivity index (χ0) is 22.2. The Kier molecular flexibility index (Phi) is 6.01. The fourth-order valence-corrected chi connectivity index (χ4v) is 6.36. The number of nitrogens with one attached hydrogen (secondary N) is 4. The van der Waals surface area contributed by atoms with Gasteiger partial charge in [-0.3, -0.25) is 4.72 Å². The first-order valence-corrected chi connectivity index (χ1v) is 13.1. The van der Waals surface area contributed by atoms with Gasteiger partial charge in [-0.2, -0.15) is 0 Å². The molecule has 0 radical (unpaired) electrons. The molecule has 31 heavy (non-hydrogen) atoms. The molecule has 0 atom stereocenters. The van der Waals surface area contributed by atoms with Gasteiger partial charge in [0.25, 0.3) is 10.0 Å². The highest BCUT2D eigenvalue weighted by Crippen LogP contribution is 2.32. The maximum Gasteiger partial charge on any atom is 0.261 e. The van der Waals surface area contributed by atoms with Crippen LogP contribution in [0.5, 0.6) is 0 Å². The lowest BCUT2D eigenvalue weighted by Gasteiger charge is -2.23. The summed E-state index contributed by atoms with van der Waals surface area (Å²) in [4.78, 5) is 2.97. The number of anilines is 1. The lowest BCUT2D eigenvalue weighted by atomic mass is 10.1. The maximum absolute atomic E-state index is 12.9. The Morgan fingerprint density at radius 1 is 0.935 bits per heavy atom. The number of aryl methyl sites for hydroxylation is 1. The SMILES string of the molecule is Cc1ccc(NS(=O)(=O)c2ccc(S(=O)(=O)NC3CCNCC3)cc2)c2[nH]cc(Cl)c12. The molecule has 0 spiro atoms. The van der Waals surface area contributed by atoms with Crippen molar-refractivity contribution in [3.8, 4) is 0 Å². The van der Waals surface area contributed by atoms with E-state index in [0.717, 1.165) is 24.0 Å². The zero-order valence-corrected chi connectivity index (χ0v) is 19.2. The quantitative estimate of drug-likeness (QED) is 0.430. The maximum atomic E-state index is 12.9. The first-order valence-electron chi connectivity index (χ1n) is 9.79. The van der Waals surface area contributed by atoms with E-state index in [9.17, 15) is 16.8 Å². The number of hydrogen-bond acceptors (Lipinski definition) is 5. The van der Waals surface area contributed by atoms with Crippen molar-refractivity contribution in [2.45, 2.75) is 35.6 Å². The number of rotatable bonds is 6. The highest BCUT2D eigenvalue weighted by Gasteiger charge is 2.23. The molecule has 1 saturated heterocycles. The molecular weight excluding hydrogens is 460 g/mol. The molecule has 0 aliphatic carbocycles. The molecule has 2 aromatic carbocycles. The van der Waals surface area contributed by atoms with Crippen molar-refractivity contribution in [1.29, 1.82) is 0 Å². The number of aromatic amines is 1. The largest absolute Gasteiger partial charge is 0.358 e. The second-order valence-corrected chi connectivity index (χ2v) is 11.3. The molecule has 1 aromatic heterocycles. The number of halogens is 1. The molecular formula is C20H23ClN4O4S2. The average Bonchev–Trinajstić information content (AvgIpc) is 3.13. The Bertz CT molecular complexity index is 1310. The molecule has 8 nitrogen and oxygen atoms in total. The van der Waals surface area contributed by atoms with E-state index in [1.165, 1.54) is 24.3 Å². The molecule has 3 aromatic rings. The lowest BCUT2D eigenvalue weighted by molar-refractivity contribution is 0.427. The number of benzene rings is 2. The van der Waals surface area contributed by atoms with Crippen molar-refractivity contribution in [2.24, 2.45) is 0 Å². The Morgan fingerprint density at radius 2 is 1.55 bits per heavy atom. The highest BCUT2D eigenvalue weighted by atomic mass is 35.5. The summed E-state index contributed by atoms with van der Waals surface area (Å²) in [6, 6.07) is 8.47. The Hall–Kier alpha value is -2.11. The van der Waals surface area contributed by atoms with Gasteiger partial charge in [0.15, 0.2) is 0 Å². The highest BCUT2D eigenvalue weighted by molar-refractivity contribution is 7.92. The summed E-state index contributed by atoms with van der Waals surface area (Å²) in [5, 5.41) is 4.43. The minimum atomic E-state index is -3.93. The zero-order valence-electron chi connectivity index (χ0n) is 16.8. The fraction of sp³-hybridized carbons (Fsp3) is 0.300. The van der Waals surface area contributed by atoms with E-state index in [0.29, 0.717) is 29.1 Å². The van der Waals surface area contributed by atoms with E-state index in [4.69, 9.17) is 11.6 Å². The summed E-state index contributed by atoms with van der Waals surface area (Å²) in [5.41, 5.74) is 1.86. The van der Waals surface area contributed by atoms with Gasteiger partial charge in [0.05, 0.1) is 26.0 Å². The molecule has 4 N–H and O–H groups in total. The predicted molar refractivity (Wildman–Crippen MR) is 122 cm³/mol. The van der Waals surface area contributed by atoms with Gasteiger partial charge in [-0.1, -0.05) is 17.7 Å². The average molecular weight is 483 g/mol. The number of hydrogen-bond donors (Lipinski definition) is 4. The summed E-state index contributed by atoms with van der Waals surface area (Å²) < 4.78 is 56.2.